The molecule has 112 valence electrons. The van der Waals surface area contributed by atoms with Gasteiger partial charge < -0.3 is 15.0 Å². The van der Waals surface area contributed by atoms with Gasteiger partial charge in [-0.2, -0.15) is 0 Å². The van der Waals surface area contributed by atoms with Gasteiger partial charge in [0.15, 0.2) is 0 Å². The molecular weight excluding hydrogens is 270 g/mol. The van der Waals surface area contributed by atoms with Crippen LogP contribution in [0, 0.1) is 0 Å². The number of hydrogen-bond donors (Lipinski definition) is 2. The molecule has 0 aliphatic carbocycles. The number of imidazole rings is 1. The van der Waals surface area contributed by atoms with Gasteiger partial charge in [-0.3, -0.25) is 4.57 Å². The van der Waals surface area contributed by atoms with Crippen molar-refractivity contribution in [2.24, 2.45) is 0 Å². The number of piperidine rings is 1. The minimum absolute atomic E-state index is 0.158. The van der Waals surface area contributed by atoms with Crippen molar-refractivity contribution in [3.8, 4) is 0 Å². The Morgan fingerprint density at radius 1 is 1.43 bits per heavy atom. The first-order chi connectivity index (χ1) is 9.97. The number of carbonyl (C=O) groups is 1. The summed E-state index contributed by atoms with van der Waals surface area (Å²) in [6, 6.07) is 5.38. The minimum Gasteiger partial charge on any atom is -0.478 e. The summed E-state index contributed by atoms with van der Waals surface area (Å²) in [5.41, 5.74) is 1.40. The second-order valence-electron chi connectivity index (χ2n) is 5.85. The highest BCUT2D eigenvalue weighted by Gasteiger charge is 2.26. The number of fused-ring (bicyclic) bond motifs is 1. The molecule has 21 heavy (non-hydrogen) atoms. The van der Waals surface area contributed by atoms with Crippen molar-refractivity contribution in [1.82, 2.24) is 14.5 Å². The van der Waals surface area contributed by atoms with Crippen LogP contribution in [0.4, 0.5) is 0 Å². The molecular formula is C15H19N3O3. The Morgan fingerprint density at radius 3 is 2.86 bits per heavy atom. The van der Waals surface area contributed by atoms with Crippen molar-refractivity contribution in [1.29, 1.82) is 0 Å². The predicted molar refractivity (Wildman–Crippen MR) is 79.9 cm³/mol. The van der Waals surface area contributed by atoms with E-state index in [1.165, 1.54) is 6.07 Å². The summed E-state index contributed by atoms with van der Waals surface area (Å²) in [6.07, 6.45) is 1.85. The smallest absolute Gasteiger partial charge is 0.335 e. The Balaban J connectivity index is 2.05. The monoisotopic (exact) mass is 289 g/mol. The summed E-state index contributed by atoms with van der Waals surface area (Å²) in [7, 11) is 2.10. The minimum atomic E-state index is -0.988. The van der Waals surface area contributed by atoms with Crippen LogP contribution in [-0.4, -0.2) is 45.2 Å². The van der Waals surface area contributed by atoms with Crippen molar-refractivity contribution in [3.05, 3.63) is 34.2 Å². The number of carboxylic acids is 1. The third kappa shape index (κ3) is 2.35. The summed E-state index contributed by atoms with van der Waals surface area (Å²) in [6.45, 7) is 3.12. The van der Waals surface area contributed by atoms with E-state index in [2.05, 4.69) is 23.9 Å². The van der Waals surface area contributed by atoms with Crippen LogP contribution in [0.15, 0.2) is 23.0 Å². The van der Waals surface area contributed by atoms with Gasteiger partial charge in [-0.25, -0.2) is 9.59 Å². The lowest BCUT2D eigenvalue weighted by atomic mass is 9.98. The quantitative estimate of drug-likeness (QED) is 0.881. The van der Waals surface area contributed by atoms with E-state index < -0.39 is 5.97 Å². The van der Waals surface area contributed by atoms with Crippen molar-refractivity contribution in [3.63, 3.8) is 0 Å². The van der Waals surface area contributed by atoms with E-state index in [-0.39, 0.29) is 17.3 Å². The molecule has 1 aromatic carbocycles. The number of likely N-dealkylation sites (tertiary alicyclic amines) is 1. The molecule has 2 atom stereocenters. The van der Waals surface area contributed by atoms with Gasteiger partial charge >= 0.3 is 11.7 Å². The van der Waals surface area contributed by atoms with Crippen LogP contribution in [0.1, 0.15) is 36.2 Å². The molecule has 6 nitrogen and oxygen atoms in total. The highest BCUT2D eigenvalue weighted by atomic mass is 16.4. The standard InChI is InChI=1S/C15H19N3O3/c1-9-7-11(5-6-17(9)2)18-13-4-3-10(14(19)20)8-12(13)16-15(18)21/h3-4,8-9,11H,5-7H2,1-2H3,(H,16,21)(H,19,20). The maximum absolute atomic E-state index is 12.3. The van der Waals surface area contributed by atoms with E-state index in [1.54, 1.807) is 16.7 Å². The van der Waals surface area contributed by atoms with Gasteiger partial charge in [0.25, 0.3) is 0 Å². The molecule has 1 aliphatic rings. The largest absolute Gasteiger partial charge is 0.478 e. The van der Waals surface area contributed by atoms with Crippen molar-refractivity contribution in [2.75, 3.05) is 13.6 Å². The average Bonchev–Trinajstić information content (AvgIpc) is 2.76. The lowest BCUT2D eigenvalue weighted by Gasteiger charge is -2.35. The van der Waals surface area contributed by atoms with Crippen molar-refractivity contribution >= 4 is 17.0 Å². The van der Waals surface area contributed by atoms with Gasteiger partial charge in [0.1, 0.15) is 0 Å². The molecule has 1 saturated heterocycles. The molecule has 1 aromatic heterocycles. The van der Waals surface area contributed by atoms with Crippen LogP contribution in [-0.2, 0) is 0 Å². The highest BCUT2D eigenvalue weighted by molar-refractivity contribution is 5.92. The number of nitrogens with one attached hydrogen (secondary N) is 1. The first-order valence-corrected chi connectivity index (χ1v) is 7.15. The molecule has 0 amide bonds. The normalized spacial score (nSPS) is 23.5. The highest BCUT2D eigenvalue weighted by Crippen LogP contribution is 2.27. The number of aromatic carboxylic acids is 1. The fraction of sp³-hybridized carbons (Fsp3) is 0.467. The molecule has 2 N–H and O–H groups in total. The van der Waals surface area contributed by atoms with Crippen LogP contribution in [0.25, 0.3) is 11.0 Å². The fourth-order valence-corrected chi connectivity index (χ4v) is 3.13. The van der Waals surface area contributed by atoms with Crippen LogP contribution < -0.4 is 5.69 Å². The molecule has 0 radical (unpaired) electrons. The maximum atomic E-state index is 12.3. The number of rotatable bonds is 2. The van der Waals surface area contributed by atoms with Crippen LogP contribution in [0.3, 0.4) is 0 Å². The van der Waals surface area contributed by atoms with Crippen LogP contribution >= 0.6 is 0 Å². The second-order valence-corrected chi connectivity index (χ2v) is 5.85. The second kappa shape index (κ2) is 5.04. The number of H-pyrrole nitrogens is 1. The van der Waals surface area contributed by atoms with E-state index in [4.69, 9.17) is 5.11 Å². The molecule has 3 rings (SSSR count). The van der Waals surface area contributed by atoms with Gasteiger partial charge in [-0.05, 0) is 45.0 Å². The Hall–Kier alpha value is -2.08. The molecule has 0 spiro atoms. The Bertz CT molecular complexity index is 746. The summed E-state index contributed by atoms with van der Waals surface area (Å²) < 4.78 is 1.78. The lowest BCUT2D eigenvalue weighted by Crippen LogP contribution is -2.40. The van der Waals surface area contributed by atoms with E-state index >= 15 is 0 Å². The Labute approximate surface area is 122 Å². The van der Waals surface area contributed by atoms with Gasteiger partial charge in [-0.15, -0.1) is 0 Å². The Morgan fingerprint density at radius 2 is 2.19 bits per heavy atom. The van der Waals surface area contributed by atoms with Gasteiger partial charge in [0.2, 0.25) is 0 Å². The van der Waals surface area contributed by atoms with Gasteiger partial charge in [0.05, 0.1) is 16.6 Å². The first kappa shape index (κ1) is 13.9. The van der Waals surface area contributed by atoms with Crippen LogP contribution in [0.2, 0.25) is 0 Å². The molecule has 1 fully saturated rings. The topological polar surface area (TPSA) is 78.3 Å². The number of nitrogens with zero attached hydrogens (tertiary/aromatic N) is 2. The van der Waals surface area contributed by atoms with E-state index in [0.29, 0.717) is 11.6 Å². The summed E-state index contributed by atoms with van der Waals surface area (Å²) in [5, 5.41) is 9.03. The van der Waals surface area contributed by atoms with E-state index in [0.717, 1.165) is 24.9 Å². The third-order valence-electron chi connectivity index (χ3n) is 4.51. The molecule has 0 saturated carbocycles. The molecule has 2 unspecified atom stereocenters. The SMILES string of the molecule is CC1CC(n2c(=O)[nH]c3cc(C(=O)O)ccc32)CCN1C. The zero-order valence-electron chi connectivity index (χ0n) is 12.2. The molecule has 0 bridgehead atoms. The van der Waals surface area contributed by atoms with Crippen LogP contribution in [0.5, 0.6) is 0 Å². The number of benzene rings is 1. The molecule has 2 heterocycles. The fourth-order valence-electron chi connectivity index (χ4n) is 3.13. The van der Waals surface area contributed by atoms with Gasteiger partial charge in [-0.1, -0.05) is 0 Å². The van der Waals surface area contributed by atoms with E-state index in [1.807, 2.05) is 0 Å². The third-order valence-corrected chi connectivity index (χ3v) is 4.51. The zero-order chi connectivity index (χ0) is 15.1. The number of carboxylic acid groups (broad SMARTS) is 1. The summed E-state index contributed by atoms with van der Waals surface area (Å²) in [4.78, 5) is 28.3. The maximum Gasteiger partial charge on any atom is 0.335 e. The van der Waals surface area contributed by atoms with Crippen molar-refractivity contribution < 1.29 is 9.90 Å². The summed E-state index contributed by atoms with van der Waals surface area (Å²) >= 11 is 0. The number of aromatic amines is 1. The lowest BCUT2D eigenvalue weighted by molar-refractivity contribution is 0.0697. The molecule has 6 heteroatoms. The predicted octanol–water partition coefficient (Wildman–Crippen LogP) is 1.68. The number of aromatic nitrogens is 2. The van der Waals surface area contributed by atoms with Gasteiger partial charge in [0, 0.05) is 18.6 Å². The molecule has 1 aliphatic heterocycles. The Kier molecular flexibility index (Phi) is 3.33. The first-order valence-electron chi connectivity index (χ1n) is 7.15. The van der Waals surface area contributed by atoms with E-state index in [9.17, 15) is 9.59 Å². The summed E-state index contributed by atoms with van der Waals surface area (Å²) in [5.74, 6) is -0.988. The zero-order valence-corrected chi connectivity index (χ0v) is 12.2. The number of hydrogen-bond acceptors (Lipinski definition) is 3. The molecule has 2 aromatic rings. The van der Waals surface area contributed by atoms with Crippen molar-refractivity contribution in [2.45, 2.75) is 31.8 Å². The average molecular weight is 289 g/mol.